The predicted octanol–water partition coefficient (Wildman–Crippen LogP) is 5.45. The van der Waals surface area contributed by atoms with Crippen molar-refractivity contribution >= 4 is 12.1 Å². The Morgan fingerprint density at radius 2 is 1.58 bits per heavy atom. The zero-order chi connectivity index (χ0) is 24.0. The lowest BCUT2D eigenvalue weighted by atomic mass is 9.77. The van der Waals surface area contributed by atoms with Gasteiger partial charge in [0, 0.05) is 18.9 Å². The molecule has 0 spiro atoms. The van der Waals surface area contributed by atoms with Crippen LogP contribution in [0.1, 0.15) is 64.5 Å². The molecule has 6 heteroatoms. The summed E-state index contributed by atoms with van der Waals surface area (Å²) in [5.74, 6) is -1.16. The SMILES string of the molecule is CCCN(C(=O)OCC1c2ccccc2-c2ccccc21)C1(C(=O)O)CC(C)(C)OC1(C)C. The Morgan fingerprint density at radius 3 is 2.03 bits per heavy atom. The van der Waals surface area contributed by atoms with Gasteiger partial charge in [-0.2, -0.15) is 0 Å². The van der Waals surface area contributed by atoms with E-state index in [1.165, 1.54) is 4.90 Å². The molecule has 6 nitrogen and oxygen atoms in total. The lowest BCUT2D eigenvalue weighted by Gasteiger charge is -2.44. The van der Waals surface area contributed by atoms with Gasteiger partial charge in [-0.15, -0.1) is 0 Å². The highest BCUT2D eigenvalue weighted by molar-refractivity contribution is 5.87. The number of carboxylic acid groups (broad SMARTS) is 1. The number of aliphatic carboxylic acids is 1. The zero-order valence-electron chi connectivity index (χ0n) is 20.1. The van der Waals surface area contributed by atoms with Crippen molar-refractivity contribution in [2.45, 2.75) is 70.1 Å². The molecule has 1 amide bonds. The largest absolute Gasteiger partial charge is 0.479 e. The molecule has 1 heterocycles. The fourth-order valence-electron chi connectivity index (χ4n) is 5.84. The van der Waals surface area contributed by atoms with Crippen molar-refractivity contribution in [1.29, 1.82) is 0 Å². The fourth-order valence-corrected chi connectivity index (χ4v) is 5.84. The molecule has 0 aromatic heterocycles. The number of carbonyl (C=O) groups excluding carboxylic acids is 1. The summed E-state index contributed by atoms with van der Waals surface area (Å²) >= 11 is 0. The summed E-state index contributed by atoms with van der Waals surface area (Å²) in [6, 6.07) is 16.3. The van der Waals surface area contributed by atoms with Crippen LogP contribution in [-0.4, -0.2) is 52.0 Å². The molecule has 4 rings (SSSR count). The monoisotopic (exact) mass is 451 g/mol. The van der Waals surface area contributed by atoms with E-state index in [1.807, 2.05) is 45.0 Å². The Hall–Kier alpha value is -2.86. The minimum Gasteiger partial charge on any atom is -0.479 e. The number of hydrogen-bond donors (Lipinski definition) is 1. The second kappa shape index (κ2) is 8.17. The van der Waals surface area contributed by atoms with Gasteiger partial charge in [0.15, 0.2) is 5.54 Å². The summed E-state index contributed by atoms with van der Waals surface area (Å²) in [6.45, 7) is 9.56. The van der Waals surface area contributed by atoms with E-state index in [0.717, 1.165) is 22.3 Å². The fraction of sp³-hybridized carbons (Fsp3) is 0.481. The minimum absolute atomic E-state index is 0.0881. The van der Waals surface area contributed by atoms with Crippen LogP contribution in [0.2, 0.25) is 0 Å². The van der Waals surface area contributed by atoms with Crippen molar-refractivity contribution in [3.63, 3.8) is 0 Å². The summed E-state index contributed by atoms with van der Waals surface area (Å²) in [7, 11) is 0. The quantitative estimate of drug-likeness (QED) is 0.632. The molecule has 2 aliphatic rings. The number of ether oxygens (including phenoxy) is 2. The molecule has 1 atom stereocenters. The van der Waals surface area contributed by atoms with Crippen molar-refractivity contribution in [2.24, 2.45) is 0 Å². The smallest absolute Gasteiger partial charge is 0.410 e. The average molecular weight is 452 g/mol. The highest BCUT2D eigenvalue weighted by atomic mass is 16.6. The van der Waals surface area contributed by atoms with Crippen LogP contribution in [0.3, 0.4) is 0 Å². The van der Waals surface area contributed by atoms with Gasteiger partial charge in [0.05, 0.1) is 11.2 Å². The van der Waals surface area contributed by atoms with Crippen LogP contribution >= 0.6 is 0 Å². The maximum atomic E-state index is 13.5. The van der Waals surface area contributed by atoms with E-state index in [1.54, 1.807) is 13.8 Å². The van der Waals surface area contributed by atoms with Crippen molar-refractivity contribution < 1.29 is 24.2 Å². The Labute approximate surface area is 195 Å². The van der Waals surface area contributed by atoms with Crippen LogP contribution in [-0.2, 0) is 14.3 Å². The standard InChI is InChI=1S/C27H33NO5/c1-6-15-28(27(23(29)30)17-25(2,3)33-26(27,4)5)24(31)32-16-22-20-13-9-7-11-18(20)19-12-8-10-14-21(19)22/h7-14,22H,6,15-17H2,1-5H3,(H,29,30). The molecule has 0 saturated carbocycles. The van der Waals surface area contributed by atoms with Gasteiger partial charge in [-0.3, -0.25) is 4.90 Å². The summed E-state index contributed by atoms with van der Waals surface area (Å²) in [5.41, 5.74) is 1.25. The first-order valence-corrected chi connectivity index (χ1v) is 11.6. The normalized spacial score (nSPS) is 22.5. The first-order chi connectivity index (χ1) is 15.5. The molecule has 2 aromatic rings. The Kier molecular flexibility index (Phi) is 5.77. The molecule has 0 radical (unpaired) electrons. The number of rotatable bonds is 6. The van der Waals surface area contributed by atoms with Gasteiger partial charge in [0.25, 0.3) is 0 Å². The summed E-state index contributed by atoms with van der Waals surface area (Å²) in [4.78, 5) is 27.6. The molecule has 1 aliphatic heterocycles. The van der Waals surface area contributed by atoms with Gasteiger partial charge in [0.1, 0.15) is 6.61 Å². The first-order valence-electron chi connectivity index (χ1n) is 11.6. The summed E-state index contributed by atoms with van der Waals surface area (Å²) in [5, 5.41) is 10.4. The molecule has 1 saturated heterocycles. The minimum atomic E-state index is -1.52. The third-order valence-electron chi connectivity index (χ3n) is 7.03. The molecule has 2 aromatic carbocycles. The van der Waals surface area contributed by atoms with Crippen LogP contribution in [0.4, 0.5) is 4.79 Å². The Bertz CT molecular complexity index is 1030. The molecule has 1 N–H and O–H groups in total. The predicted molar refractivity (Wildman–Crippen MR) is 126 cm³/mol. The molecule has 1 fully saturated rings. The maximum absolute atomic E-state index is 13.5. The summed E-state index contributed by atoms with van der Waals surface area (Å²) < 4.78 is 12.0. The van der Waals surface area contributed by atoms with Gasteiger partial charge in [0.2, 0.25) is 0 Å². The van der Waals surface area contributed by atoms with Crippen LogP contribution in [0, 0.1) is 0 Å². The Morgan fingerprint density at radius 1 is 1.03 bits per heavy atom. The van der Waals surface area contributed by atoms with Crippen molar-refractivity contribution in [1.82, 2.24) is 4.90 Å². The number of nitrogens with zero attached hydrogens (tertiary/aromatic N) is 1. The van der Waals surface area contributed by atoms with Crippen molar-refractivity contribution in [2.75, 3.05) is 13.2 Å². The third-order valence-corrected chi connectivity index (χ3v) is 7.03. The van der Waals surface area contributed by atoms with Crippen molar-refractivity contribution in [3.05, 3.63) is 59.7 Å². The number of carbonyl (C=O) groups is 2. The van der Waals surface area contributed by atoms with E-state index in [4.69, 9.17) is 9.47 Å². The second-order valence-corrected chi connectivity index (χ2v) is 10.2. The van der Waals surface area contributed by atoms with Gasteiger partial charge in [-0.05, 0) is 56.4 Å². The highest BCUT2D eigenvalue weighted by Gasteiger charge is 2.66. The first kappa shape index (κ1) is 23.3. The number of fused-ring (bicyclic) bond motifs is 3. The van der Waals surface area contributed by atoms with Gasteiger partial charge in [-0.25, -0.2) is 9.59 Å². The molecular formula is C27H33NO5. The third kappa shape index (κ3) is 3.70. The number of benzene rings is 2. The number of carboxylic acids is 1. The molecule has 1 unspecified atom stereocenters. The van der Waals surface area contributed by atoms with Crippen LogP contribution < -0.4 is 0 Å². The average Bonchev–Trinajstić information content (AvgIpc) is 3.17. The summed E-state index contributed by atoms with van der Waals surface area (Å²) in [6.07, 6.45) is 0.179. The van der Waals surface area contributed by atoms with Crippen LogP contribution in [0.5, 0.6) is 0 Å². The lowest BCUT2D eigenvalue weighted by molar-refractivity contribution is -0.163. The molecule has 33 heavy (non-hydrogen) atoms. The van der Waals surface area contributed by atoms with E-state index >= 15 is 0 Å². The molecular weight excluding hydrogens is 418 g/mol. The van der Waals surface area contributed by atoms with Crippen LogP contribution in [0.15, 0.2) is 48.5 Å². The second-order valence-electron chi connectivity index (χ2n) is 10.2. The maximum Gasteiger partial charge on any atom is 0.410 e. The zero-order valence-corrected chi connectivity index (χ0v) is 20.1. The molecule has 176 valence electrons. The lowest BCUT2D eigenvalue weighted by Crippen LogP contribution is -2.66. The van der Waals surface area contributed by atoms with E-state index in [0.29, 0.717) is 6.42 Å². The molecule has 1 aliphatic carbocycles. The van der Waals surface area contributed by atoms with E-state index in [9.17, 15) is 14.7 Å². The van der Waals surface area contributed by atoms with E-state index < -0.39 is 28.8 Å². The van der Waals surface area contributed by atoms with Crippen molar-refractivity contribution in [3.8, 4) is 11.1 Å². The van der Waals surface area contributed by atoms with Gasteiger partial charge >= 0.3 is 12.1 Å². The number of hydrogen-bond acceptors (Lipinski definition) is 4. The topological polar surface area (TPSA) is 76.1 Å². The Balaban J connectivity index is 1.64. The number of amides is 1. The van der Waals surface area contributed by atoms with E-state index in [2.05, 4.69) is 24.3 Å². The van der Waals surface area contributed by atoms with Gasteiger partial charge in [-0.1, -0.05) is 55.5 Å². The highest BCUT2D eigenvalue weighted by Crippen LogP contribution is 2.49. The van der Waals surface area contributed by atoms with Crippen LogP contribution in [0.25, 0.3) is 11.1 Å². The van der Waals surface area contributed by atoms with Gasteiger partial charge < -0.3 is 14.6 Å². The van der Waals surface area contributed by atoms with E-state index in [-0.39, 0.29) is 25.5 Å². The molecule has 0 bridgehead atoms.